The van der Waals surface area contributed by atoms with Crippen LogP contribution in [-0.2, 0) is 6.54 Å². The number of nitro benzene ring substituents is 1. The van der Waals surface area contributed by atoms with Crippen LogP contribution in [0.5, 0.6) is 0 Å². The molecule has 8 heteroatoms. The molecule has 0 aliphatic carbocycles. The quantitative estimate of drug-likeness (QED) is 0.644. The molecule has 0 radical (unpaired) electrons. The molecule has 0 amide bonds. The standard InChI is InChI=1S/C11H7Cl2N3O3/c12-8-2-1-3-9(16(18)19)7(8)6-15-5-4-14-10(13)11(15)17/h1-5H,6H2. The molecule has 0 aliphatic heterocycles. The van der Waals surface area contributed by atoms with Crippen molar-refractivity contribution in [2.24, 2.45) is 0 Å². The summed E-state index contributed by atoms with van der Waals surface area (Å²) >= 11 is 11.6. The van der Waals surface area contributed by atoms with E-state index in [4.69, 9.17) is 23.2 Å². The predicted octanol–water partition coefficient (Wildman–Crippen LogP) is 2.51. The van der Waals surface area contributed by atoms with Gasteiger partial charge < -0.3 is 4.57 Å². The van der Waals surface area contributed by atoms with Gasteiger partial charge in [-0.2, -0.15) is 0 Å². The average Bonchev–Trinajstić information content (AvgIpc) is 2.36. The Bertz CT molecular complexity index is 700. The molecule has 1 aromatic heterocycles. The molecule has 6 nitrogen and oxygen atoms in total. The maximum Gasteiger partial charge on any atom is 0.288 e. The maximum atomic E-state index is 11.7. The molecule has 1 heterocycles. The topological polar surface area (TPSA) is 78.0 Å². The van der Waals surface area contributed by atoms with E-state index in [0.717, 1.165) is 0 Å². The molecule has 0 saturated carbocycles. The average molecular weight is 300 g/mol. The van der Waals surface area contributed by atoms with Crippen LogP contribution in [0.2, 0.25) is 10.2 Å². The fourth-order valence-corrected chi connectivity index (χ4v) is 1.98. The number of aromatic nitrogens is 2. The first-order valence-electron chi connectivity index (χ1n) is 5.13. The Morgan fingerprint density at radius 1 is 1.37 bits per heavy atom. The summed E-state index contributed by atoms with van der Waals surface area (Å²) in [5, 5.41) is 11.0. The van der Waals surface area contributed by atoms with E-state index in [1.807, 2.05) is 0 Å². The van der Waals surface area contributed by atoms with Crippen molar-refractivity contribution in [1.29, 1.82) is 0 Å². The first-order valence-corrected chi connectivity index (χ1v) is 5.89. The van der Waals surface area contributed by atoms with Gasteiger partial charge >= 0.3 is 0 Å². The molecule has 0 spiro atoms. The highest BCUT2D eigenvalue weighted by Gasteiger charge is 2.17. The summed E-state index contributed by atoms with van der Waals surface area (Å²) in [4.78, 5) is 25.7. The molecule has 0 fully saturated rings. The molecule has 0 aliphatic rings. The Morgan fingerprint density at radius 2 is 2.11 bits per heavy atom. The van der Waals surface area contributed by atoms with Crippen LogP contribution in [0.25, 0.3) is 0 Å². The molecule has 2 rings (SSSR count). The highest BCUT2D eigenvalue weighted by atomic mass is 35.5. The lowest BCUT2D eigenvalue weighted by Gasteiger charge is -2.08. The summed E-state index contributed by atoms with van der Waals surface area (Å²) in [5.74, 6) is 0. The molecule has 98 valence electrons. The molecule has 19 heavy (non-hydrogen) atoms. The van der Waals surface area contributed by atoms with E-state index in [9.17, 15) is 14.9 Å². The Hall–Kier alpha value is -1.92. The van der Waals surface area contributed by atoms with Crippen LogP contribution >= 0.6 is 23.2 Å². The zero-order valence-corrected chi connectivity index (χ0v) is 10.9. The van der Waals surface area contributed by atoms with Crippen molar-refractivity contribution in [1.82, 2.24) is 9.55 Å². The zero-order chi connectivity index (χ0) is 14.0. The van der Waals surface area contributed by atoms with E-state index in [1.165, 1.54) is 35.2 Å². The second-order valence-electron chi connectivity index (χ2n) is 3.65. The van der Waals surface area contributed by atoms with Gasteiger partial charge in [0.15, 0.2) is 5.15 Å². The minimum Gasteiger partial charge on any atom is -0.307 e. The second-order valence-corrected chi connectivity index (χ2v) is 4.41. The molecule has 0 bridgehead atoms. The van der Waals surface area contributed by atoms with Gasteiger partial charge in [0.25, 0.3) is 11.2 Å². The largest absolute Gasteiger partial charge is 0.307 e. The minimum absolute atomic E-state index is 0.0446. The lowest BCUT2D eigenvalue weighted by Crippen LogP contribution is -2.21. The van der Waals surface area contributed by atoms with E-state index < -0.39 is 10.5 Å². The fourth-order valence-electron chi connectivity index (χ4n) is 1.59. The van der Waals surface area contributed by atoms with E-state index in [2.05, 4.69) is 4.98 Å². The molecule has 2 aromatic rings. The van der Waals surface area contributed by atoms with Gasteiger partial charge in [0.1, 0.15) is 0 Å². The Kier molecular flexibility index (Phi) is 3.82. The third-order valence-corrected chi connectivity index (χ3v) is 3.10. The van der Waals surface area contributed by atoms with Crippen molar-refractivity contribution in [3.8, 4) is 0 Å². The molecular weight excluding hydrogens is 293 g/mol. The smallest absolute Gasteiger partial charge is 0.288 e. The second kappa shape index (κ2) is 5.38. The molecule has 0 N–H and O–H groups in total. The first-order chi connectivity index (χ1) is 9.00. The van der Waals surface area contributed by atoms with Gasteiger partial charge in [-0.25, -0.2) is 4.98 Å². The summed E-state index contributed by atoms with van der Waals surface area (Å²) < 4.78 is 1.21. The van der Waals surface area contributed by atoms with Gasteiger partial charge in [0.05, 0.1) is 22.1 Å². The van der Waals surface area contributed by atoms with Crippen molar-refractivity contribution in [3.63, 3.8) is 0 Å². The number of halogens is 2. The number of nitro groups is 1. The lowest BCUT2D eigenvalue weighted by molar-refractivity contribution is -0.385. The van der Waals surface area contributed by atoms with E-state index in [0.29, 0.717) is 0 Å². The van der Waals surface area contributed by atoms with Gasteiger partial charge in [0.2, 0.25) is 0 Å². The zero-order valence-electron chi connectivity index (χ0n) is 9.42. The van der Waals surface area contributed by atoms with Gasteiger partial charge in [-0.3, -0.25) is 14.9 Å². The molecule has 1 aromatic carbocycles. The predicted molar refractivity (Wildman–Crippen MR) is 70.7 cm³/mol. The van der Waals surface area contributed by atoms with Crippen LogP contribution in [0.1, 0.15) is 5.56 Å². The molecular formula is C11H7Cl2N3O3. The van der Waals surface area contributed by atoms with Gasteiger partial charge in [-0.15, -0.1) is 0 Å². The maximum absolute atomic E-state index is 11.7. The van der Waals surface area contributed by atoms with Crippen LogP contribution < -0.4 is 5.56 Å². The number of hydrogen-bond donors (Lipinski definition) is 0. The van der Waals surface area contributed by atoms with E-state index in [-0.39, 0.29) is 28.0 Å². The van der Waals surface area contributed by atoms with Gasteiger partial charge in [0, 0.05) is 18.5 Å². The molecule has 0 atom stereocenters. The van der Waals surface area contributed by atoms with E-state index >= 15 is 0 Å². The number of benzene rings is 1. The minimum atomic E-state index is -0.547. The van der Waals surface area contributed by atoms with Crippen LogP contribution in [0.15, 0.2) is 35.4 Å². The van der Waals surface area contributed by atoms with Crippen LogP contribution in [0, 0.1) is 10.1 Å². The molecule has 0 unspecified atom stereocenters. The first kappa shape index (κ1) is 13.5. The van der Waals surface area contributed by atoms with E-state index in [1.54, 1.807) is 0 Å². The number of hydrogen-bond acceptors (Lipinski definition) is 4. The van der Waals surface area contributed by atoms with Crippen molar-refractivity contribution >= 4 is 28.9 Å². The highest BCUT2D eigenvalue weighted by molar-refractivity contribution is 6.31. The monoisotopic (exact) mass is 299 g/mol. The van der Waals surface area contributed by atoms with Gasteiger partial charge in [-0.1, -0.05) is 29.3 Å². The van der Waals surface area contributed by atoms with Crippen LogP contribution in [0.3, 0.4) is 0 Å². The van der Waals surface area contributed by atoms with Crippen LogP contribution in [-0.4, -0.2) is 14.5 Å². The van der Waals surface area contributed by atoms with Crippen LogP contribution in [0.4, 0.5) is 5.69 Å². The van der Waals surface area contributed by atoms with Crippen molar-refractivity contribution < 1.29 is 4.92 Å². The number of nitrogens with zero attached hydrogens (tertiary/aromatic N) is 3. The van der Waals surface area contributed by atoms with Crippen molar-refractivity contribution in [3.05, 3.63) is 66.8 Å². The van der Waals surface area contributed by atoms with Gasteiger partial charge in [-0.05, 0) is 6.07 Å². The van der Waals surface area contributed by atoms with Crippen molar-refractivity contribution in [2.75, 3.05) is 0 Å². The third kappa shape index (κ3) is 2.74. The molecule has 0 saturated heterocycles. The summed E-state index contributed by atoms with van der Waals surface area (Å²) in [6.45, 7) is -0.0446. The lowest BCUT2D eigenvalue weighted by atomic mass is 10.2. The summed E-state index contributed by atoms with van der Waals surface area (Å²) in [5.41, 5.74) is -0.427. The summed E-state index contributed by atoms with van der Waals surface area (Å²) in [6, 6.07) is 4.33. The summed E-state index contributed by atoms with van der Waals surface area (Å²) in [7, 11) is 0. The SMILES string of the molecule is O=c1c(Cl)nccn1Cc1c(Cl)cccc1[N+](=O)[O-]. The third-order valence-electron chi connectivity index (χ3n) is 2.49. The normalized spacial score (nSPS) is 10.4. The fraction of sp³-hybridized carbons (Fsp3) is 0.0909. The highest BCUT2D eigenvalue weighted by Crippen LogP contribution is 2.26. The number of rotatable bonds is 3. The van der Waals surface area contributed by atoms with Crippen molar-refractivity contribution in [2.45, 2.75) is 6.54 Å². The Labute approximate surface area is 117 Å². The Balaban J connectivity index is 2.52. The Morgan fingerprint density at radius 3 is 2.79 bits per heavy atom. The summed E-state index contributed by atoms with van der Waals surface area (Å²) in [6.07, 6.45) is 2.73.